The van der Waals surface area contributed by atoms with Crippen LogP contribution < -0.4 is 5.32 Å². The van der Waals surface area contributed by atoms with Crippen molar-refractivity contribution in [3.8, 4) is 23.0 Å². The summed E-state index contributed by atoms with van der Waals surface area (Å²) in [6.45, 7) is 0. The fraction of sp³-hybridized carbons (Fsp3) is 0.0500. The number of nitro groups is 1. The fourth-order valence-electron chi connectivity index (χ4n) is 2.64. The number of nitro benzene ring substituents is 1. The van der Waals surface area contributed by atoms with Gasteiger partial charge in [-0.15, -0.1) is 0 Å². The molecule has 1 heterocycles. The van der Waals surface area contributed by atoms with Crippen LogP contribution in [-0.4, -0.2) is 27.7 Å². The first-order valence-electron chi connectivity index (χ1n) is 8.27. The van der Waals surface area contributed by atoms with E-state index in [1.165, 1.54) is 25.3 Å². The predicted octanol–water partition coefficient (Wildman–Crippen LogP) is 3.10. The molecule has 0 aliphatic heterocycles. The Morgan fingerprint density at radius 3 is 2.64 bits per heavy atom. The molecule has 0 saturated heterocycles. The lowest BCUT2D eigenvalue weighted by Gasteiger charge is -2.01. The molecular weight excluding hydrogens is 358 g/mol. The van der Waals surface area contributed by atoms with Crippen molar-refractivity contribution >= 4 is 17.7 Å². The molecule has 1 amide bonds. The maximum atomic E-state index is 11.9. The molecule has 1 aromatic heterocycles. The van der Waals surface area contributed by atoms with E-state index in [0.29, 0.717) is 16.8 Å². The Morgan fingerprint density at radius 1 is 1.25 bits per heavy atom. The molecule has 0 fully saturated rings. The van der Waals surface area contributed by atoms with Gasteiger partial charge >= 0.3 is 0 Å². The summed E-state index contributed by atoms with van der Waals surface area (Å²) in [4.78, 5) is 22.5. The van der Waals surface area contributed by atoms with Crippen LogP contribution in [0, 0.1) is 21.4 Å². The number of carbonyl (C=O) groups is 1. The Hall–Kier alpha value is -4.25. The summed E-state index contributed by atoms with van der Waals surface area (Å²) >= 11 is 0. The highest BCUT2D eigenvalue weighted by Crippen LogP contribution is 2.28. The third kappa shape index (κ3) is 3.78. The molecule has 0 aliphatic carbocycles. The SMILES string of the molecule is CNC(=O)C(C#N)=Cc1cn(-c2ccccc2)nc1-c1cccc([N+](=O)[O-])c1. The number of amides is 1. The molecule has 3 aromatic rings. The van der Waals surface area contributed by atoms with E-state index in [1.807, 2.05) is 36.4 Å². The van der Waals surface area contributed by atoms with Crippen molar-refractivity contribution < 1.29 is 9.72 Å². The first kappa shape index (κ1) is 18.5. The molecule has 0 unspecified atom stereocenters. The van der Waals surface area contributed by atoms with Gasteiger partial charge < -0.3 is 5.32 Å². The third-order valence-corrected chi connectivity index (χ3v) is 3.99. The summed E-state index contributed by atoms with van der Waals surface area (Å²) < 4.78 is 1.60. The van der Waals surface area contributed by atoms with Gasteiger partial charge in [0.2, 0.25) is 0 Å². The van der Waals surface area contributed by atoms with Crippen LogP contribution in [0.15, 0.2) is 66.4 Å². The maximum absolute atomic E-state index is 11.9. The van der Waals surface area contributed by atoms with Crippen molar-refractivity contribution in [2.75, 3.05) is 7.05 Å². The number of carbonyl (C=O) groups excluding carboxylic acids is 1. The molecule has 0 spiro atoms. The smallest absolute Gasteiger partial charge is 0.270 e. The summed E-state index contributed by atoms with van der Waals surface area (Å²) in [5, 5.41) is 27.4. The second-order valence-electron chi connectivity index (χ2n) is 5.77. The zero-order chi connectivity index (χ0) is 20.1. The minimum absolute atomic E-state index is 0.0755. The molecule has 0 bridgehead atoms. The lowest BCUT2D eigenvalue weighted by molar-refractivity contribution is -0.384. The number of likely N-dealkylation sites (N-methyl/N-ethyl adjacent to an activating group) is 1. The van der Waals surface area contributed by atoms with Gasteiger partial charge in [-0.25, -0.2) is 4.68 Å². The molecule has 28 heavy (non-hydrogen) atoms. The highest BCUT2D eigenvalue weighted by Gasteiger charge is 2.16. The Morgan fingerprint density at radius 2 is 2.00 bits per heavy atom. The van der Waals surface area contributed by atoms with Crippen LogP contribution in [0.5, 0.6) is 0 Å². The van der Waals surface area contributed by atoms with Gasteiger partial charge in [-0.1, -0.05) is 30.3 Å². The van der Waals surface area contributed by atoms with Gasteiger partial charge in [0.15, 0.2) is 0 Å². The maximum Gasteiger partial charge on any atom is 0.270 e. The second-order valence-corrected chi connectivity index (χ2v) is 5.77. The Bertz CT molecular complexity index is 1110. The van der Waals surface area contributed by atoms with Crippen molar-refractivity contribution in [2.45, 2.75) is 0 Å². The van der Waals surface area contributed by atoms with Gasteiger partial charge in [-0.2, -0.15) is 10.4 Å². The average Bonchev–Trinajstić information content (AvgIpc) is 3.16. The number of nitrogens with one attached hydrogen (secondary N) is 1. The molecule has 0 saturated carbocycles. The number of non-ortho nitro benzene ring substituents is 1. The number of nitriles is 1. The van der Waals surface area contributed by atoms with E-state index in [9.17, 15) is 20.2 Å². The molecule has 3 rings (SSSR count). The standard InChI is InChI=1S/C20H15N5O3/c1-22-20(26)15(12-21)10-16-13-24(17-7-3-2-4-8-17)23-19(16)14-6-5-9-18(11-14)25(27)28/h2-11,13H,1H3,(H,22,26). The van der Waals surface area contributed by atoms with Gasteiger partial charge in [0, 0.05) is 36.5 Å². The average molecular weight is 373 g/mol. The summed E-state index contributed by atoms with van der Waals surface area (Å²) in [7, 11) is 1.43. The van der Waals surface area contributed by atoms with E-state index in [-0.39, 0.29) is 11.3 Å². The summed E-state index contributed by atoms with van der Waals surface area (Å²) in [6.07, 6.45) is 3.09. The quantitative estimate of drug-likeness (QED) is 0.319. The van der Waals surface area contributed by atoms with Gasteiger partial charge in [0.1, 0.15) is 17.3 Å². The largest absolute Gasteiger partial charge is 0.354 e. The highest BCUT2D eigenvalue weighted by molar-refractivity contribution is 6.02. The monoisotopic (exact) mass is 373 g/mol. The van der Waals surface area contributed by atoms with Gasteiger partial charge in [-0.05, 0) is 18.2 Å². The summed E-state index contributed by atoms with van der Waals surface area (Å²) in [5.74, 6) is -0.528. The first-order valence-corrected chi connectivity index (χ1v) is 8.27. The van der Waals surface area contributed by atoms with Crippen LogP contribution in [0.25, 0.3) is 23.0 Å². The Kier molecular flexibility index (Phi) is 5.28. The van der Waals surface area contributed by atoms with Crippen molar-refractivity contribution in [3.63, 3.8) is 0 Å². The van der Waals surface area contributed by atoms with Crippen LogP contribution in [-0.2, 0) is 4.79 Å². The van der Waals surface area contributed by atoms with Crippen molar-refractivity contribution in [1.29, 1.82) is 5.26 Å². The number of nitrogens with zero attached hydrogens (tertiary/aromatic N) is 4. The van der Waals surface area contributed by atoms with Crippen LogP contribution in [0.2, 0.25) is 0 Å². The fourth-order valence-corrected chi connectivity index (χ4v) is 2.64. The van der Waals surface area contributed by atoms with E-state index in [2.05, 4.69) is 10.4 Å². The molecule has 2 aromatic carbocycles. The zero-order valence-electron chi connectivity index (χ0n) is 14.9. The third-order valence-electron chi connectivity index (χ3n) is 3.99. The lowest BCUT2D eigenvalue weighted by atomic mass is 10.1. The topological polar surface area (TPSA) is 114 Å². The molecule has 0 radical (unpaired) electrons. The molecule has 0 aliphatic rings. The van der Waals surface area contributed by atoms with Gasteiger partial charge in [0.05, 0.1) is 10.6 Å². The van der Waals surface area contributed by atoms with Crippen LogP contribution in [0.4, 0.5) is 5.69 Å². The molecular formula is C20H15N5O3. The van der Waals surface area contributed by atoms with Crippen LogP contribution in [0.3, 0.4) is 0 Å². The normalized spacial score (nSPS) is 10.9. The van der Waals surface area contributed by atoms with Gasteiger partial charge in [-0.3, -0.25) is 14.9 Å². The number of benzene rings is 2. The highest BCUT2D eigenvalue weighted by atomic mass is 16.6. The van der Waals surface area contributed by atoms with E-state index >= 15 is 0 Å². The molecule has 8 nitrogen and oxygen atoms in total. The number of hydrogen-bond donors (Lipinski definition) is 1. The Labute approximate surface area is 160 Å². The van der Waals surface area contributed by atoms with Gasteiger partial charge in [0.25, 0.3) is 11.6 Å². The van der Waals surface area contributed by atoms with E-state index in [1.54, 1.807) is 23.0 Å². The summed E-state index contributed by atoms with van der Waals surface area (Å²) in [6, 6.07) is 17.2. The van der Waals surface area contributed by atoms with Crippen LogP contribution in [0.1, 0.15) is 5.56 Å². The molecule has 1 N–H and O–H groups in total. The van der Waals surface area contributed by atoms with E-state index < -0.39 is 10.8 Å². The number of rotatable bonds is 5. The van der Waals surface area contributed by atoms with E-state index in [0.717, 1.165) is 5.69 Å². The predicted molar refractivity (Wildman–Crippen MR) is 103 cm³/mol. The molecule has 0 atom stereocenters. The minimum atomic E-state index is -0.528. The van der Waals surface area contributed by atoms with E-state index in [4.69, 9.17) is 0 Å². The second kappa shape index (κ2) is 7.97. The van der Waals surface area contributed by atoms with Crippen molar-refractivity contribution in [1.82, 2.24) is 15.1 Å². The number of hydrogen-bond acceptors (Lipinski definition) is 5. The lowest BCUT2D eigenvalue weighted by Crippen LogP contribution is -2.19. The minimum Gasteiger partial charge on any atom is -0.354 e. The zero-order valence-corrected chi connectivity index (χ0v) is 14.9. The number of para-hydroxylation sites is 1. The Balaban J connectivity index is 2.20. The van der Waals surface area contributed by atoms with Crippen molar-refractivity contribution in [2.24, 2.45) is 0 Å². The number of aromatic nitrogens is 2. The first-order chi connectivity index (χ1) is 13.5. The molecule has 138 valence electrons. The summed E-state index contributed by atoms with van der Waals surface area (Å²) in [5.41, 5.74) is 2.01. The van der Waals surface area contributed by atoms with Crippen molar-refractivity contribution in [3.05, 3.63) is 82.0 Å². The molecule has 8 heteroatoms. The van der Waals surface area contributed by atoms with Crippen LogP contribution >= 0.6 is 0 Å².